The van der Waals surface area contributed by atoms with Gasteiger partial charge in [0.25, 0.3) is 0 Å². The molecule has 0 saturated carbocycles. The molecule has 0 heteroatoms. The summed E-state index contributed by atoms with van der Waals surface area (Å²) in [6.07, 6.45) is 13.7. The molecule has 0 aliphatic rings. The summed E-state index contributed by atoms with van der Waals surface area (Å²) >= 11 is 0. The van der Waals surface area contributed by atoms with Crippen LogP contribution in [0.2, 0.25) is 0 Å². The minimum absolute atomic E-state index is 0.411. The van der Waals surface area contributed by atoms with Gasteiger partial charge in [0, 0.05) is 0 Å². The molecule has 1 radical (unpaired) electrons. The Morgan fingerprint density at radius 3 is 1.75 bits per heavy atom. The number of hydrogen-bond acceptors (Lipinski definition) is 0. The van der Waals surface area contributed by atoms with Crippen molar-refractivity contribution in [3.05, 3.63) is 6.42 Å². The summed E-state index contributed by atoms with van der Waals surface area (Å²) < 4.78 is 0. The molecule has 0 heterocycles. The lowest BCUT2D eigenvalue weighted by Gasteiger charge is -2.39. The Morgan fingerprint density at radius 2 is 1.35 bits per heavy atom. The summed E-state index contributed by atoms with van der Waals surface area (Å²) in [4.78, 5) is 0. The first-order valence-electron chi connectivity index (χ1n) is 9.25. The molecule has 0 amide bonds. The lowest BCUT2D eigenvalue weighted by atomic mass is 9.66. The van der Waals surface area contributed by atoms with Crippen LogP contribution in [-0.2, 0) is 0 Å². The van der Waals surface area contributed by atoms with Crippen LogP contribution in [0.3, 0.4) is 0 Å². The molecule has 0 fully saturated rings. The summed E-state index contributed by atoms with van der Waals surface area (Å²) in [5.41, 5.74) is 0.411. The van der Waals surface area contributed by atoms with E-state index in [0.717, 1.165) is 17.8 Å². The van der Waals surface area contributed by atoms with Crippen LogP contribution in [0, 0.1) is 29.6 Å². The van der Waals surface area contributed by atoms with Gasteiger partial charge in [-0.3, -0.25) is 0 Å². The van der Waals surface area contributed by atoms with Crippen molar-refractivity contribution in [1.82, 2.24) is 0 Å². The average Bonchev–Trinajstić information content (AvgIpc) is 2.40. The van der Waals surface area contributed by atoms with E-state index < -0.39 is 0 Å². The Morgan fingerprint density at radius 1 is 0.800 bits per heavy atom. The van der Waals surface area contributed by atoms with E-state index >= 15 is 0 Å². The fraction of sp³-hybridized carbons (Fsp3) is 0.950. The van der Waals surface area contributed by atoms with Crippen molar-refractivity contribution in [3.63, 3.8) is 0 Å². The summed E-state index contributed by atoms with van der Waals surface area (Å²) in [6.45, 7) is 16.7. The van der Waals surface area contributed by atoms with E-state index in [4.69, 9.17) is 0 Å². The standard InChI is InChI=1S/C20H41/c1-8-12-14-17(10-3)16-19(20(5,6)7)18(11-4)15-13-9-2/h16-19H,8-15H2,1-7H3. The minimum atomic E-state index is 0.411. The van der Waals surface area contributed by atoms with Crippen molar-refractivity contribution < 1.29 is 0 Å². The fourth-order valence-electron chi connectivity index (χ4n) is 3.45. The Balaban J connectivity index is 4.76. The topological polar surface area (TPSA) is 0 Å². The molecule has 0 bridgehead atoms. The molecule has 0 aliphatic heterocycles. The van der Waals surface area contributed by atoms with Crippen molar-refractivity contribution in [2.75, 3.05) is 0 Å². The molecule has 0 rings (SSSR count). The van der Waals surface area contributed by atoms with Gasteiger partial charge < -0.3 is 0 Å². The van der Waals surface area contributed by atoms with Gasteiger partial charge in [-0.1, -0.05) is 99.8 Å². The van der Waals surface area contributed by atoms with E-state index in [2.05, 4.69) is 54.9 Å². The van der Waals surface area contributed by atoms with Crippen LogP contribution in [0.25, 0.3) is 0 Å². The van der Waals surface area contributed by atoms with Gasteiger partial charge in [0.15, 0.2) is 0 Å². The molecule has 121 valence electrons. The maximum atomic E-state index is 2.75. The molecule has 0 nitrogen and oxygen atoms in total. The zero-order valence-electron chi connectivity index (χ0n) is 15.5. The third-order valence-corrected chi connectivity index (χ3v) is 4.89. The van der Waals surface area contributed by atoms with E-state index in [0.29, 0.717) is 5.41 Å². The van der Waals surface area contributed by atoms with Crippen molar-refractivity contribution >= 4 is 0 Å². The number of hydrogen-bond donors (Lipinski definition) is 0. The zero-order valence-corrected chi connectivity index (χ0v) is 15.5. The van der Waals surface area contributed by atoms with Crippen LogP contribution in [-0.4, -0.2) is 0 Å². The monoisotopic (exact) mass is 281 g/mol. The highest BCUT2D eigenvalue weighted by Crippen LogP contribution is 2.41. The molecule has 0 aliphatic carbocycles. The molecule has 0 saturated heterocycles. The van der Waals surface area contributed by atoms with Gasteiger partial charge in [0.05, 0.1) is 0 Å². The van der Waals surface area contributed by atoms with Gasteiger partial charge in [0.2, 0.25) is 0 Å². The third kappa shape index (κ3) is 7.70. The van der Waals surface area contributed by atoms with Crippen molar-refractivity contribution in [2.45, 2.75) is 99.8 Å². The second-order valence-electron chi connectivity index (χ2n) is 7.71. The maximum Gasteiger partial charge on any atom is -0.0303 e. The van der Waals surface area contributed by atoms with E-state index in [9.17, 15) is 0 Å². The molecule has 3 atom stereocenters. The van der Waals surface area contributed by atoms with Crippen molar-refractivity contribution in [1.29, 1.82) is 0 Å². The summed E-state index contributed by atoms with van der Waals surface area (Å²) in [7, 11) is 0. The average molecular weight is 282 g/mol. The van der Waals surface area contributed by atoms with E-state index in [1.165, 1.54) is 51.4 Å². The van der Waals surface area contributed by atoms with Gasteiger partial charge in [-0.2, -0.15) is 0 Å². The molecule has 0 aromatic rings. The highest BCUT2D eigenvalue weighted by atomic mass is 14.4. The van der Waals surface area contributed by atoms with Crippen molar-refractivity contribution in [2.24, 2.45) is 23.2 Å². The van der Waals surface area contributed by atoms with Gasteiger partial charge in [0.1, 0.15) is 0 Å². The Bertz CT molecular complexity index is 211. The van der Waals surface area contributed by atoms with Gasteiger partial charge >= 0.3 is 0 Å². The number of rotatable bonds is 11. The highest BCUT2D eigenvalue weighted by molar-refractivity contribution is 4.93. The molecule has 3 unspecified atom stereocenters. The first-order valence-corrected chi connectivity index (χ1v) is 9.25. The highest BCUT2D eigenvalue weighted by Gasteiger charge is 2.32. The van der Waals surface area contributed by atoms with Crippen LogP contribution < -0.4 is 0 Å². The Labute approximate surface area is 130 Å². The molecular weight excluding hydrogens is 240 g/mol. The molecule has 0 N–H and O–H groups in total. The fourth-order valence-corrected chi connectivity index (χ4v) is 3.45. The first kappa shape index (κ1) is 20.0. The zero-order chi connectivity index (χ0) is 15.6. The summed E-state index contributed by atoms with van der Waals surface area (Å²) in [5.74, 6) is 2.49. The Kier molecular flexibility index (Phi) is 10.7. The molecular formula is C20H41. The normalized spacial score (nSPS) is 16.9. The van der Waals surface area contributed by atoms with Gasteiger partial charge in [-0.25, -0.2) is 0 Å². The third-order valence-electron chi connectivity index (χ3n) is 4.89. The Hall–Kier alpha value is 0. The SMILES string of the molecule is CCCCC([CH]C(C(CC)CCCC)C(C)(C)C)CC. The largest absolute Gasteiger partial charge is 0.0654 e. The van der Waals surface area contributed by atoms with Crippen LogP contribution in [0.4, 0.5) is 0 Å². The molecule has 20 heavy (non-hydrogen) atoms. The number of unbranched alkanes of at least 4 members (excludes halogenated alkanes) is 2. The second kappa shape index (κ2) is 10.7. The molecule has 0 spiro atoms. The van der Waals surface area contributed by atoms with Gasteiger partial charge in [-0.05, 0) is 29.6 Å². The van der Waals surface area contributed by atoms with E-state index in [1.54, 1.807) is 0 Å². The lowest BCUT2D eigenvalue weighted by Crippen LogP contribution is -2.31. The predicted octanol–water partition coefficient (Wildman–Crippen LogP) is 7.29. The minimum Gasteiger partial charge on any atom is -0.0654 e. The second-order valence-corrected chi connectivity index (χ2v) is 7.71. The quantitative estimate of drug-likeness (QED) is 0.373. The van der Waals surface area contributed by atoms with Crippen molar-refractivity contribution in [3.8, 4) is 0 Å². The molecule has 0 aromatic carbocycles. The maximum absolute atomic E-state index is 2.75. The first-order chi connectivity index (χ1) is 9.40. The van der Waals surface area contributed by atoms with E-state index in [-0.39, 0.29) is 0 Å². The molecule has 0 aromatic heterocycles. The van der Waals surface area contributed by atoms with Crippen LogP contribution in [0.1, 0.15) is 99.8 Å². The predicted molar refractivity (Wildman–Crippen MR) is 93.9 cm³/mol. The van der Waals surface area contributed by atoms with Crippen LogP contribution >= 0.6 is 0 Å². The lowest BCUT2D eigenvalue weighted by molar-refractivity contribution is 0.157. The smallest absolute Gasteiger partial charge is 0.0303 e. The summed E-state index contributed by atoms with van der Waals surface area (Å²) in [6, 6.07) is 0. The van der Waals surface area contributed by atoms with Gasteiger partial charge in [-0.15, -0.1) is 0 Å². The van der Waals surface area contributed by atoms with E-state index in [1.807, 2.05) is 0 Å². The van der Waals surface area contributed by atoms with Crippen LogP contribution in [0.15, 0.2) is 0 Å². The summed E-state index contributed by atoms with van der Waals surface area (Å²) in [5, 5.41) is 0. The van der Waals surface area contributed by atoms with Crippen LogP contribution in [0.5, 0.6) is 0 Å².